The number of aliphatic hydroxyl groups excluding tert-OH is 1. The first-order valence-electron chi connectivity index (χ1n) is 6.98. The lowest BCUT2D eigenvalue weighted by Crippen LogP contribution is -2.42. The van der Waals surface area contributed by atoms with Crippen molar-refractivity contribution in [3.63, 3.8) is 0 Å². The molecule has 1 saturated heterocycles. The van der Waals surface area contributed by atoms with Crippen LogP contribution >= 0.6 is 11.6 Å². The number of rotatable bonds is 4. The van der Waals surface area contributed by atoms with E-state index in [4.69, 9.17) is 11.6 Å². The number of amides is 1. The van der Waals surface area contributed by atoms with Crippen molar-refractivity contribution in [2.75, 3.05) is 25.0 Å². The summed E-state index contributed by atoms with van der Waals surface area (Å²) in [4.78, 5) is 18.2. The zero-order valence-corrected chi connectivity index (χ0v) is 12.4. The molecule has 0 aliphatic carbocycles. The second-order valence-electron chi connectivity index (χ2n) is 5.03. The predicted molar refractivity (Wildman–Crippen MR) is 79.2 cm³/mol. The first kappa shape index (κ1) is 15.1. The lowest BCUT2D eigenvalue weighted by atomic mass is 10.1. The molecule has 2 N–H and O–H groups in total. The lowest BCUT2D eigenvalue weighted by Gasteiger charge is -2.30. The van der Waals surface area contributed by atoms with Crippen molar-refractivity contribution in [2.24, 2.45) is 0 Å². The van der Waals surface area contributed by atoms with Gasteiger partial charge in [-0.15, -0.1) is 0 Å². The maximum Gasteiger partial charge on any atom is 0.255 e. The van der Waals surface area contributed by atoms with Crippen LogP contribution in [0.1, 0.15) is 36.5 Å². The first-order valence-corrected chi connectivity index (χ1v) is 7.36. The summed E-state index contributed by atoms with van der Waals surface area (Å²) in [6.07, 6.45) is 3.66. The van der Waals surface area contributed by atoms with Gasteiger partial charge in [-0.05, 0) is 25.3 Å². The summed E-state index contributed by atoms with van der Waals surface area (Å²) in [6, 6.07) is 1.63. The van der Waals surface area contributed by atoms with Crippen LogP contribution in [0.4, 0.5) is 5.82 Å². The smallest absolute Gasteiger partial charge is 0.255 e. The number of halogens is 1. The third-order valence-electron chi connectivity index (χ3n) is 3.31. The van der Waals surface area contributed by atoms with Crippen molar-refractivity contribution >= 4 is 23.3 Å². The Morgan fingerprint density at radius 2 is 2.45 bits per heavy atom. The fraction of sp³-hybridized carbons (Fsp3) is 0.571. The number of aliphatic hydroxyl groups is 1. The van der Waals surface area contributed by atoms with Crippen LogP contribution in [0, 0.1) is 0 Å². The third kappa shape index (κ3) is 3.61. The molecule has 1 unspecified atom stereocenters. The standard InChI is InChI=1S/C14H20ClN3O2/c1-2-5-16-13-12(15)7-10(8-17-13)14(20)18-6-3-4-11(19)9-18/h7-8,11,19H,2-6,9H2,1H3,(H,16,17). The Balaban J connectivity index is 2.08. The van der Waals surface area contributed by atoms with Crippen LogP contribution < -0.4 is 5.32 Å². The summed E-state index contributed by atoms with van der Waals surface area (Å²) in [6.45, 7) is 3.90. The topological polar surface area (TPSA) is 65.5 Å². The van der Waals surface area contributed by atoms with E-state index in [0.29, 0.717) is 29.5 Å². The Morgan fingerprint density at radius 3 is 3.10 bits per heavy atom. The molecule has 0 bridgehead atoms. The Hall–Kier alpha value is -1.33. The summed E-state index contributed by atoms with van der Waals surface area (Å²) in [7, 11) is 0. The van der Waals surface area contributed by atoms with E-state index in [0.717, 1.165) is 25.8 Å². The van der Waals surface area contributed by atoms with Gasteiger partial charge in [0.25, 0.3) is 5.91 Å². The van der Waals surface area contributed by atoms with E-state index in [1.165, 1.54) is 6.20 Å². The first-order chi connectivity index (χ1) is 9.61. The van der Waals surface area contributed by atoms with Crippen LogP contribution in [-0.2, 0) is 0 Å². The highest BCUT2D eigenvalue weighted by Gasteiger charge is 2.23. The molecule has 0 radical (unpaired) electrons. The van der Waals surface area contributed by atoms with Gasteiger partial charge in [0, 0.05) is 25.8 Å². The van der Waals surface area contributed by atoms with Gasteiger partial charge in [0.2, 0.25) is 0 Å². The number of hydrogen-bond donors (Lipinski definition) is 2. The molecule has 0 saturated carbocycles. The van der Waals surface area contributed by atoms with Gasteiger partial charge >= 0.3 is 0 Å². The van der Waals surface area contributed by atoms with Crippen molar-refractivity contribution in [1.82, 2.24) is 9.88 Å². The maximum absolute atomic E-state index is 12.3. The van der Waals surface area contributed by atoms with Gasteiger partial charge in [0.1, 0.15) is 5.82 Å². The van der Waals surface area contributed by atoms with Gasteiger partial charge < -0.3 is 15.3 Å². The quantitative estimate of drug-likeness (QED) is 0.894. The molecule has 0 spiro atoms. The van der Waals surface area contributed by atoms with Gasteiger partial charge in [0.15, 0.2) is 0 Å². The number of piperidine rings is 1. The van der Waals surface area contributed by atoms with E-state index in [1.807, 2.05) is 0 Å². The molecule has 2 rings (SSSR count). The molecule has 1 atom stereocenters. The fourth-order valence-electron chi connectivity index (χ4n) is 2.25. The highest BCUT2D eigenvalue weighted by atomic mass is 35.5. The van der Waals surface area contributed by atoms with Crippen molar-refractivity contribution < 1.29 is 9.90 Å². The zero-order chi connectivity index (χ0) is 14.5. The molecule has 110 valence electrons. The average Bonchev–Trinajstić information content (AvgIpc) is 2.45. The normalized spacial score (nSPS) is 18.9. The van der Waals surface area contributed by atoms with Gasteiger partial charge in [0.05, 0.1) is 16.7 Å². The molecular weight excluding hydrogens is 278 g/mol. The molecular formula is C14H20ClN3O2. The van der Waals surface area contributed by atoms with E-state index in [-0.39, 0.29) is 5.91 Å². The number of carbonyl (C=O) groups excluding carboxylic acids is 1. The number of likely N-dealkylation sites (tertiary alicyclic amines) is 1. The molecule has 1 aliphatic rings. The van der Waals surface area contributed by atoms with Gasteiger partial charge in [-0.1, -0.05) is 18.5 Å². The summed E-state index contributed by atoms with van der Waals surface area (Å²) in [5, 5.41) is 13.2. The summed E-state index contributed by atoms with van der Waals surface area (Å²) in [5.41, 5.74) is 0.464. The second-order valence-corrected chi connectivity index (χ2v) is 5.44. The van der Waals surface area contributed by atoms with Gasteiger partial charge in [-0.25, -0.2) is 4.98 Å². The third-order valence-corrected chi connectivity index (χ3v) is 3.60. The minimum Gasteiger partial charge on any atom is -0.391 e. The number of carbonyl (C=O) groups is 1. The van der Waals surface area contributed by atoms with Crippen LogP contribution in [0.3, 0.4) is 0 Å². The number of aromatic nitrogens is 1. The van der Waals surface area contributed by atoms with Crippen LogP contribution in [0.5, 0.6) is 0 Å². The fourth-order valence-corrected chi connectivity index (χ4v) is 2.48. The second kappa shape index (κ2) is 6.90. The summed E-state index contributed by atoms with van der Waals surface area (Å²) >= 11 is 6.13. The van der Waals surface area contributed by atoms with Crippen LogP contribution in [0.2, 0.25) is 5.02 Å². The Labute approximate surface area is 123 Å². The molecule has 1 aromatic rings. The van der Waals surface area contributed by atoms with E-state index in [2.05, 4.69) is 17.2 Å². The minimum absolute atomic E-state index is 0.125. The molecule has 20 heavy (non-hydrogen) atoms. The molecule has 1 aliphatic heterocycles. The lowest BCUT2D eigenvalue weighted by molar-refractivity contribution is 0.0473. The summed E-state index contributed by atoms with van der Waals surface area (Å²) < 4.78 is 0. The van der Waals surface area contributed by atoms with Crippen molar-refractivity contribution in [3.05, 3.63) is 22.8 Å². The van der Waals surface area contributed by atoms with Gasteiger partial charge in [-0.2, -0.15) is 0 Å². The molecule has 1 aromatic heterocycles. The van der Waals surface area contributed by atoms with Crippen LogP contribution in [0.25, 0.3) is 0 Å². The van der Waals surface area contributed by atoms with Crippen LogP contribution in [0.15, 0.2) is 12.3 Å². The SMILES string of the molecule is CCCNc1ncc(C(=O)N2CCCC(O)C2)cc1Cl. The predicted octanol–water partition coefficient (Wildman–Crippen LogP) is 2.15. The number of hydrogen-bond acceptors (Lipinski definition) is 4. The largest absolute Gasteiger partial charge is 0.391 e. The molecule has 6 heteroatoms. The number of β-amino-alcohol motifs (C(OH)–C–C–N with tert-alkyl or cyclic N) is 1. The molecule has 5 nitrogen and oxygen atoms in total. The highest BCUT2D eigenvalue weighted by molar-refractivity contribution is 6.33. The number of nitrogens with one attached hydrogen (secondary N) is 1. The number of anilines is 1. The molecule has 0 aromatic carbocycles. The zero-order valence-electron chi connectivity index (χ0n) is 11.6. The van der Waals surface area contributed by atoms with Crippen molar-refractivity contribution in [1.29, 1.82) is 0 Å². The minimum atomic E-state index is -0.429. The van der Waals surface area contributed by atoms with E-state index >= 15 is 0 Å². The van der Waals surface area contributed by atoms with Crippen molar-refractivity contribution in [3.8, 4) is 0 Å². The maximum atomic E-state index is 12.3. The van der Waals surface area contributed by atoms with Crippen LogP contribution in [-0.4, -0.2) is 46.6 Å². The van der Waals surface area contributed by atoms with Gasteiger partial charge in [-0.3, -0.25) is 4.79 Å². The molecule has 1 amide bonds. The number of pyridine rings is 1. The summed E-state index contributed by atoms with van der Waals surface area (Å²) in [5.74, 6) is 0.476. The average molecular weight is 298 g/mol. The molecule has 1 fully saturated rings. The monoisotopic (exact) mass is 297 g/mol. The van der Waals surface area contributed by atoms with E-state index in [1.54, 1.807) is 11.0 Å². The Kier molecular flexibility index (Phi) is 5.20. The Morgan fingerprint density at radius 1 is 1.65 bits per heavy atom. The number of nitrogens with zero attached hydrogens (tertiary/aromatic N) is 2. The Bertz CT molecular complexity index is 481. The van der Waals surface area contributed by atoms with E-state index in [9.17, 15) is 9.90 Å². The highest BCUT2D eigenvalue weighted by Crippen LogP contribution is 2.22. The van der Waals surface area contributed by atoms with Crippen molar-refractivity contribution in [2.45, 2.75) is 32.3 Å². The van der Waals surface area contributed by atoms with E-state index < -0.39 is 6.10 Å². The molecule has 2 heterocycles.